The van der Waals surface area contributed by atoms with Crippen molar-refractivity contribution in [1.82, 2.24) is 0 Å². The van der Waals surface area contributed by atoms with Crippen LogP contribution in [0.1, 0.15) is 16.7 Å². The molecular formula is C25H27N3O3. The molecule has 0 saturated heterocycles. The first-order valence-corrected chi connectivity index (χ1v) is 9.89. The van der Waals surface area contributed by atoms with Gasteiger partial charge in [0.05, 0.1) is 25.6 Å². The number of nitrogens with one attached hydrogen (secondary N) is 2. The minimum Gasteiger partial charge on any atom is -0.493 e. The third-order valence-electron chi connectivity index (χ3n) is 4.79. The molecule has 3 aromatic rings. The monoisotopic (exact) mass is 417 g/mol. The number of amides is 1. The van der Waals surface area contributed by atoms with Gasteiger partial charge in [0.2, 0.25) is 5.91 Å². The average Bonchev–Trinajstić information content (AvgIpc) is 2.78. The molecule has 0 radical (unpaired) electrons. The molecule has 4 N–H and O–H groups in total. The lowest BCUT2D eigenvalue weighted by atomic mass is 10.1. The highest BCUT2D eigenvalue weighted by Gasteiger charge is 2.09. The number of methoxy groups -OCH3 is 2. The molecule has 0 bridgehead atoms. The molecule has 0 spiro atoms. The van der Waals surface area contributed by atoms with Crippen LogP contribution in [-0.2, 0) is 11.3 Å². The zero-order chi connectivity index (χ0) is 22.2. The molecule has 1 amide bonds. The van der Waals surface area contributed by atoms with Crippen LogP contribution in [0.3, 0.4) is 0 Å². The lowest BCUT2D eigenvalue weighted by molar-refractivity contribution is -0.111. The van der Waals surface area contributed by atoms with Gasteiger partial charge in [-0.25, -0.2) is 0 Å². The van der Waals surface area contributed by atoms with E-state index in [1.54, 1.807) is 32.4 Å². The first kappa shape index (κ1) is 21.8. The summed E-state index contributed by atoms with van der Waals surface area (Å²) in [6.45, 7) is 2.64. The third kappa shape index (κ3) is 5.79. The fourth-order valence-electron chi connectivity index (χ4n) is 3.16. The van der Waals surface area contributed by atoms with E-state index in [0.29, 0.717) is 23.7 Å². The van der Waals surface area contributed by atoms with Crippen molar-refractivity contribution in [3.05, 3.63) is 83.4 Å². The summed E-state index contributed by atoms with van der Waals surface area (Å²) < 4.78 is 10.8. The molecule has 0 aromatic heterocycles. The lowest BCUT2D eigenvalue weighted by Gasteiger charge is -2.14. The predicted octanol–water partition coefficient (Wildman–Crippen LogP) is 4.86. The summed E-state index contributed by atoms with van der Waals surface area (Å²) in [5.41, 5.74) is 11.0. The number of anilines is 3. The van der Waals surface area contributed by atoms with Crippen molar-refractivity contribution in [2.24, 2.45) is 0 Å². The van der Waals surface area contributed by atoms with E-state index < -0.39 is 0 Å². The van der Waals surface area contributed by atoms with Gasteiger partial charge in [-0.2, -0.15) is 0 Å². The topological polar surface area (TPSA) is 85.6 Å². The number of ether oxygens (including phenoxy) is 2. The first-order valence-electron chi connectivity index (χ1n) is 9.89. The van der Waals surface area contributed by atoms with Gasteiger partial charge in [-0.3, -0.25) is 4.79 Å². The number of hydrogen-bond donors (Lipinski definition) is 3. The van der Waals surface area contributed by atoms with E-state index in [2.05, 4.69) is 10.6 Å². The second kappa shape index (κ2) is 10.2. The highest BCUT2D eigenvalue weighted by atomic mass is 16.5. The second-order valence-corrected chi connectivity index (χ2v) is 7.03. The van der Waals surface area contributed by atoms with E-state index in [9.17, 15) is 4.79 Å². The Kier molecular flexibility index (Phi) is 7.17. The van der Waals surface area contributed by atoms with Gasteiger partial charge in [0.25, 0.3) is 0 Å². The van der Waals surface area contributed by atoms with Crippen LogP contribution < -0.4 is 25.8 Å². The molecule has 0 aliphatic rings. The fraction of sp³-hybridized carbons (Fsp3) is 0.160. The van der Waals surface area contributed by atoms with Gasteiger partial charge >= 0.3 is 0 Å². The van der Waals surface area contributed by atoms with Crippen LogP contribution >= 0.6 is 0 Å². The third-order valence-corrected chi connectivity index (χ3v) is 4.79. The number of aryl methyl sites for hydroxylation is 1. The number of para-hydroxylation sites is 2. The Hall–Kier alpha value is -3.93. The molecule has 31 heavy (non-hydrogen) atoms. The Bertz CT molecular complexity index is 1080. The SMILES string of the molecule is COc1cc(NCc2ccc(/C=C/C(=O)Nc3ccccc3N)cc2)cc(C)c1OC. The van der Waals surface area contributed by atoms with E-state index >= 15 is 0 Å². The van der Waals surface area contributed by atoms with Crippen molar-refractivity contribution in [3.63, 3.8) is 0 Å². The minimum absolute atomic E-state index is 0.229. The number of nitrogen functional groups attached to an aromatic ring is 1. The first-order chi connectivity index (χ1) is 15.0. The van der Waals surface area contributed by atoms with Crippen molar-refractivity contribution in [1.29, 1.82) is 0 Å². The molecule has 6 nitrogen and oxygen atoms in total. The molecule has 0 aliphatic heterocycles. The van der Waals surface area contributed by atoms with E-state index in [1.165, 1.54) is 6.08 Å². The second-order valence-electron chi connectivity index (χ2n) is 7.03. The molecule has 0 fully saturated rings. The largest absolute Gasteiger partial charge is 0.493 e. The number of carbonyl (C=O) groups excluding carboxylic acids is 1. The average molecular weight is 418 g/mol. The standard InChI is InChI=1S/C25H27N3O3/c1-17-14-20(15-23(30-2)25(17)31-3)27-16-19-10-8-18(9-11-19)12-13-24(29)28-22-7-5-4-6-21(22)26/h4-15,27H,16,26H2,1-3H3,(H,28,29)/b13-12+. The Labute approximate surface area is 182 Å². The summed E-state index contributed by atoms with van der Waals surface area (Å²) in [5.74, 6) is 1.21. The number of hydrogen-bond acceptors (Lipinski definition) is 5. The van der Waals surface area contributed by atoms with Gasteiger partial charge in [0.1, 0.15) is 0 Å². The summed E-state index contributed by atoms with van der Waals surface area (Å²) >= 11 is 0. The molecule has 3 rings (SSSR count). The summed E-state index contributed by atoms with van der Waals surface area (Å²) in [5, 5.41) is 6.17. The Balaban J connectivity index is 1.58. The van der Waals surface area contributed by atoms with Gasteiger partial charge in [-0.15, -0.1) is 0 Å². The quantitative estimate of drug-likeness (QED) is 0.360. The lowest BCUT2D eigenvalue weighted by Crippen LogP contribution is -2.09. The van der Waals surface area contributed by atoms with Gasteiger partial charge in [-0.1, -0.05) is 36.4 Å². The highest BCUT2D eigenvalue weighted by Crippen LogP contribution is 2.34. The van der Waals surface area contributed by atoms with Crippen LogP contribution in [0.5, 0.6) is 11.5 Å². The maximum Gasteiger partial charge on any atom is 0.248 e. The molecule has 0 aliphatic carbocycles. The van der Waals surface area contributed by atoms with Crippen molar-refractivity contribution in [3.8, 4) is 11.5 Å². The van der Waals surface area contributed by atoms with E-state index in [-0.39, 0.29) is 5.91 Å². The maximum absolute atomic E-state index is 12.1. The van der Waals surface area contributed by atoms with Crippen molar-refractivity contribution < 1.29 is 14.3 Å². The molecule has 160 valence electrons. The van der Waals surface area contributed by atoms with Crippen LogP contribution in [0.25, 0.3) is 6.08 Å². The van der Waals surface area contributed by atoms with Crippen LogP contribution in [0.4, 0.5) is 17.1 Å². The summed E-state index contributed by atoms with van der Waals surface area (Å²) in [7, 11) is 3.26. The summed E-state index contributed by atoms with van der Waals surface area (Å²) in [4.78, 5) is 12.1. The van der Waals surface area contributed by atoms with Gasteiger partial charge in [0.15, 0.2) is 11.5 Å². The maximum atomic E-state index is 12.1. The van der Waals surface area contributed by atoms with Crippen LogP contribution in [0, 0.1) is 6.92 Å². The van der Waals surface area contributed by atoms with Crippen LogP contribution in [-0.4, -0.2) is 20.1 Å². The van der Waals surface area contributed by atoms with Crippen molar-refractivity contribution in [2.45, 2.75) is 13.5 Å². The minimum atomic E-state index is -0.229. The number of benzene rings is 3. The van der Waals surface area contributed by atoms with E-state index in [4.69, 9.17) is 15.2 Å². The van der Waals surface area contributed by atoms with Gasteiger partial charge in [-0.05, 0) is 47.9 Å². The molecule has 0 unspecified atom stereocenters. The zero-order valence-corrected chi connectivity index (χ0v) is 17.9. The molecule has 3 aromatic carbocycles. The fourth-order valence-corrected chi connectivity index (χ4v) is 3.16. The Morgan fingerprint density at radius 3 is 2.45 bits per heavy atom. The van der Waals surface area contributed by atoms with Gasteiger partial charge in [0, 0.05) is 24.4 Å². The number of carbonyl (C=O) groups is 1. The smallest absolute Gasteiger partial charge is 0.248 e. The summed E-state index contributed by atoms with van der Waals surface area (Å²) in [6, 6.07) is 19.1. The Morgan fingerprint density at radius 1 is 1.03 bits per heavy atom. The van der Waals surface area contributed by atoms with Crippen molar-refractivity contribution >= 4 is 29.0 Å². The molecule has 0 saturated carbocycles. The molecule has 0 heterocycles. The van der Waals surface area contributed by atoms with E-state index in [1.807, 2.05) is 55.5 Å². The zero-order valence-electron chi connectivity index (χ0n) is 17.9. The summed E-state index contributed by atoms with van der Waals surface area (Å²) in [6.07, 6.45) is 3.26. The van der Waals surface area contributed by atoms with Gasteiger partial charge < -0.3 is 25.8 Å². The number of rotatable bonds is 8. The number of nitrogens with two attached hydrogens (primary N) is 1. The normalized spacial score (nSPS) is 10.7. The van der Waals surface area contributed by atoms with E-state index in [0.717, 1.165) is 28.1 Å². The molecule has 0 atom stereocenters. The van der Waals surface area contributed by atoms with Crippen molar-refractivity contribution in [2.75, 3.05) is 30.6 Å². The highest BCUT2D eigenvalue weighted by molar-refractivity contribution is 6.03. The molecule has 6 heteroatoms. The predicted molar refractivity (Wildman–Crippen MR) is 127 cm³/mol. The Morgan fingerprint density at radius 2 is 1.77 bits per heavy atom. The van der Waals surface area contributed by atoms with Crippen LogP contribution in [0.15, 0.2) is 66.7 Å². The molecular weight excluding hydrogens is 390 g/mol. The van der Waals surface area contributed by atoms with Crippen LogP contribution in [0.2, 0.25) is 0 Å².